The maximum Gasteiger partial charge on any atom is 0.0498 e. The molecule has 0 spiro atoms. The predicted molar refractivity (Wildman–Crippen MR) is 99.4 cm³/mol. The SMILES string of the molecule is Clc1cc2sc3ccc4ccccc4c3c2c2ccccc12. The van der Waals surface area contributed by atoms with Crippen molar-refractivity contribution < 1.29 is 0 Å². The second kappa shape index (κ2) is 4.45. The van der Waals surface area contributed by atoms with Gasteiger partial charge in [-0.1, -0.05) is 66.2 Å². The van der Waals surface area contributed by atoms with Gasteiger partial charge in [0, 0.05) is 30.6 Å². The fraction of sp³-hybridized carbons (Fsp3) is 0. The molecule has 104 valence electrons. The van der Waals surface area contributed by atoms with E-state index >= 15 is 0 Å². The van der Waals surface area contributed by atoms with E-state index in [1.807, 2.05) is 17.4 Å². The minimum atomic E-state index is 0.832. The number of benzene rings is 4. The van der Waals surface area contributed by atoms with E-state index in [4.69, 9.17) is 11.6 Å². The first-order chi connectivity index (χ1) is 10.8. The van der Waals surface area contributed by atoms with E-state index in [-0.39, 0.29) is 0 Å². The van der Waals surface area contributed by atoms with Gasteiger partial charge in [-0.2, -0.15) is 0 Å². The lowest BCUT2D eigenvalue weighted by Gasteiger charge is -2.05. The summed E-state index contributed by atoms with van der Waals surface area (Å²) in [6.45, 7) is 0. The zero-order valence-corrected chi connectivity index (χ0v) is 13.2. The quantitative estimate of drug-likeness (QED) is 0.288. The monoisotopic (exact) mass is 318 g/mol. The summed E-state index contributed by atoms with van der Waals surface area (Å²) in [6.07, 6.45) is 0. The van der Waals surface area contributed by atoms with E-state index in [2.05, 4.69) is 60.7 Å². The van der Waals surface area contributed by atoms with Crippen LogP contribution in [-0.4, -0.2) is 0 Å². The summed E-state index contributed by atoms with van der Waals surface area (Å²) < 4.78 is 2.58. The van der Waals surface area contributed by atoms with Gasteiger partial charge in [0.05, 0.1) is 0 Å². The molecule has 5 rings (SSSR count). The van der Waals surface area contributed by atoms with Crippen molar-refractivity contribution in [2.45, 2.75) is 0 Å². The zero-order valence-electron chi connectivity index (χ0n) is 11.6. The molecule has 1 heterocycles. The standard InChI is InChI=1S/C20H11ClS/c21-16-11-18-20(15-8-4-3-7-14(15)16)19-13-6-2-1-5-12(13)9-10-17(19)22-18/h1-11H. The van der Waals surface area contributed by atoms with Gasteiger partial charge in [-0.25, -0.2) is 0 Å². The highest BCUT2D eigenvalue weighted by atomic mass is 35.5. The Kier molecular flexibility index (Phi) is 2.52. The summed E-state index contributed by atoms with van der Waals surface area (Å²) in [6, 6.07) is 23.6. The minimum Gasteiger partial charge on any atom is -0.135 e. The Morgan fingerprint density at radius 2 is 1.32 bits per heavy atom. The fourth-order valence-electron chi connectivity index (χ4n) is 3.36. The molecule has 0 radical (unpaired) electrons. The molecule has 0 saturated heterocycles. The van der Waals surface area contributed by atoms with Gasteiger partial charge < -0.3 is 0 Å². The molecule has 0 unspecified atom stereocenters. The third-order valence-corrected chi connectivity index (χ3v) is 5.73. The lowest BCUT2D eigenvalue weighted by Crippen LogP contribution is -1.78. The molecular formula is C20H11ClS. The van der Waals surface area contributed by atoms with E-state index in [1.165, 1.54) is 36.3 Å². The van der Waals surface area contributed by atoms with Gasteiger partial charge in [0.2, 0.25) is 0 Å². The van der Waals surface area contributed by atoms with Gasteiger partial charge in [-0.05, 0) is 28.3 Å². The second-order valence-electron chi connectivity index (χ2n) is 5.54. The minimum absolute atomic E-state index is 0.832. The summed E-state index contributed by atoms with van der Waals surface area (Å²) in [5, 5.41) is 8.49. The molecule has 1 aromatic heterocycles. The third-order valence-electron chi connectivity index (χ3n) is 4.32. The summed E-state index contributed by atoms with van der Waals surface area (Å²) in [5.74, 6) is 0. The van der Waals surface area contributed by atoms with Crippen LogP contribution in [0.4, 0.5) is 0 Å². The Morgan fingerprint density at radius 3 is 2.18 bits per heavy atom. The van der Waals surface area contributed by atoms with E-state index < -0.39 is 0 Å². The Bertz CT molecular complexity index is 1180. The third kappa shape index (κ3) is 1.58. The van der Waals surface area contributed by atoms with Crippen molar-refractivity contribution in [1.82, 2.24) is 0 Å². The van der Waals surface area contributed by atoms with Crippen LogP contribution in [0.3, 0.4) is 0 Å². The van der Waals surface area contributed by atoms with Gasteiger partial charge in [0.1, 0.15) is 0 Å². The Morgan fingerprint density at radius 1 is 0.636 bits per heavy atom. The predicted octanol–water partition coefficient (Wildman–Crippen LogP) is 7.01. The summed E-state index contributed by atoms with van der Waals surface area (Å²) in [5.41, 5.74) is 0. The van der Waals surface area contributed by atoms with Crippen LogP contribution in [0.25, 0.3) is 41.7 Å². The number of halogens is 1. The molecule has 0 aliphatic heterocycles. The molecular weight excluding hydrogens is 308 g/mol. The summed E-state index contributed by atoms with van der Waals surface area (Å²) >= 11 is 8.31. The van der Waals surface area contributed by atoms with Gasteiger partial charge in [0.25, 0.3) is 0 Å². The number of hydrogen-bond donors (Lipinski definition) is 0. The summed E-state index contributed by atoms with van der Waals surface area (Å²) in [4.78, 5) is 0. The van der Waals surface area contributed by atoms with Crippen molar-refractivity contribution in [3.63, 3.8) is 0 Å². The molecule has 0 N–H and O–H groups in total. The van der Waals surface area contributed by atoms with Crippen molar-refractivity contribution in [1.29, 1.82) is 0 Å². The van der Waals surface area contributed by atoms with E-state index in [0.717, 1.165) is 10.4 Å². The van der Waals surface area contributed by atoms with Crippen LogP contribution < -0.4 is 0 Å². The molecule has 4 aromatic carbocycles. The topological polar surface area (TPSA) is 0 Å². The average molecular weight is 319 g/mol. The van der Waals surface area contributed by atoms with Crippen LogP contribution in [0.15, 0.2) is 66.7 Å². The van der Waals surface area contributed by atoms with E-state index in [1.54, 1.807) is 0 Å². The van der Waals surface area contributed by atoms with Crippen molar-refractivity contribution in [2.75, 3.05) is 0 Å². The Balaban J connectivity index is 2.18. The highest BCUT2D eigenvalue weighted by Crippen LogP contribution is 2.43. The molecule has 22 heavy (non-hydrogen) atoms. The summed E-state index contributed by atoms with van der Waals surface area (Å²) in [7, 11) is 0. The number of thiophene rings is 1. The Labute approximate surface area is 136 Å². The highest BCUT2D eigenvalue weighted by Gasteiger charge is 2.13. The molecule has 0 aliphatic carbocycles. The van der Waals surface area contributed by atoms with Crippen molar-refractivity contribution in [2.24, 2.45) is 0 Å². The Hall–Kier alpha value is -2.09. The van der Waals surface area contributed by atoms with Gasteiger partial charge in [-0.15, -0.1) is 11.3 Å². The molecule has 0 bridgehead atoms. The first-order valence-electron chi connectivity index (χ1n) is 7.24. The zero-order chi connectivity index (χ0) is 14.7. The number of fused-ring (bicyclic) bond motifs is 7. The molecule has 0 amide bonds. The largest absolute Gasteiger partial charge is 0.135 e. The van der Waals surface area contributed by atoms with Crippen LogP contribution in [0.5, 0.6) is 0 Å². The average Bonchev–Trinajstić information content (AvgIpc) is 2.94. The van der Waals surface area contributed by atoms with Gasteiger partial charge in [0.15, 0.2) is 0 Å². The van der Waals surface area contributed by atoms with E-state index in [9.17, 15) is 0 Å². The van der Waals surface area contributed by atoms with Crippen LogP contribution in [0.1, 0.15) is 0 Å². The lowest BCUT2D eigenvalue weighted by atomic mass is 10.00. The van der Waals surface area contributed by atoms with Gasteiger partial charge in [-0.3, -0.25) is 0 Å². The smallest absolute Gasteiger partial charge is 0.0498 e. The molecule has 0 atom stereocenters. The first-order valence-corrected chi connectivity index (χ1v) is 8.43. The van der Waals surface area contributed by atoms with Crippen molar-refractivity contribution in [3.05, 3.63) is 71.8 Å². The molecule has 0 saturated carbocycles. The van der Waals surface area contributed by atoms with Crippen LogP contribution in [0.2, 0.25) is 5.02 Å². The molecule has 2 heteroatoms. The highest BCUT2D eigenvalue weighted by molar-refractivity contribution is 7.26. The number of hydrogen-bond acceptors (Lipinski definition) is 1. The van der Waals surface area contributed by atoms with Crippen LogP contribution >= 0.6 is 22.9 Å². The molecule has 5 aromatic rings. The maximum atomic E-state index is 6.49. The fourth-order valence-corrected chi connectivity index (χ4v) is 4.87. The van der Waals surface area contributed by atoms with Crippen molar-refractivity contribution in [3.8, 4) is 0 Å². The first kappa shape index (κ1) is 12.5. The van der Waals surface area contributed by atoms with Crippen molar-refractivity contribution >= 4 is 64.7 Å². The van der Waals surface area contributed by atoms with Crippen LogP contribution in [-0.2, 0) is 0 Å². The molecule has 0 aliphatic rings. The second-order valence-corrected chi connectivity index (χ2v) is 7.03. The molecule has 0 nitrogen and oxygen atoms in total. The lowest BCUT2D eigenvalue weighted by molar-refractivity contribution is 1.81. The van der Waals surface area contributed by atoms with Gasteiger partial charge >= 0.3 is 0 Å². The van der Waals surface area contributed by atoms with Crippen LogP contribution in [0, 0.1) is 0 Å². The normalized spacial score (nSPS) is 11.9. The van der Waals surface area contributed by atoms with E-state index in [0.29, 0.717) is 0 Å². The maximum absolute atomic E-state index is 6.49. The molecule has 0 fully saturated rings. The number of rotatable bonds is 0.